The first-order valence-electron chi connectivity index (χ1n) is 9.50. The number of hydrogen-bond donors (Lipinski definition) is 2. The van der Waals surface area contributed by atoms with Crippen LogP contribution in [-0.4, -0.2) is 55.3 Å². The summed E-state index contributed by atoms with van der Waals surface area (Å²) in [7, 11) is 4.95. The summed E-state index contributed by atoms with van der Waals surface area (Å²) < 4.78 is 10.9. The van der Waals surface area contributed by atoms with E-state index in [0.29, 0.717) is 13.1 Å². The van der Waals surface area contributed by atoms with E-state index in [1.807, 2.05) is 24.3 Å². The second kappa shape index (κ2) is 7.87. The van der Waals surface area contributed by atoms with Crippen LogP contribution in [0, 0.1) is 0 Å². The van der Waals surface area contributed by atoms with Gasteiger partial charge in [0.05, 0.1) is 14.2 Å². The number of aromatic amines is 1. The van der Waals surface area contributed by atoms with Gasteiger partial charge in [0, 0.05) is 49.0 Å². The number of methoxy groups -OCH3 is 2. The second-order valence-electron chi connectivity index (χ2n) is 6.85. The number of pyridine rings is 1. The van der Waals surface area contributed by atoms with Crippen LogP contribution in [0.25, 0.3) is 27.7 Å². The SMILES string of the molecule is CNC(=O)N1CC=C(c2cc3c(-c4ccc(OC)cc4OC)ccnc3[nH]2)CC1. The maximum atomic E-state index is 11.8. The number of ether oxygens (including phenoxy) is 2. The predicted molar refractivity (Wildman–Crippen MR) is 113 cm³/mol. The van der Waals surface area contributed by atoms with E-state index in [1.165, 1.54) is 5.57 Å². The minimum atomic E-state index is -0.0486. The van der Waals surface area contributed by atoms with Crippen LogP contribution >= 0.6 is 0 Å². The molecule has 0 atom stereocenters. The van der Waals surface area contributed by atoms with Crippen LogP contribution in [0.4, 0.5) is 4.79 Å². The van der Waals surface area contributed by atoms with Gasteiger partial charge in [-0.2, -0.15) is 0 Å². The molecule has 29 heavy (non-hydrogen) atoms. The van der Waals surface area contributed by atoms with Crippen LogP contribution < -0.4 is 14.8 Å². The molecule has 1 aliphatic rings. The van der Waals surface area contributed by atoms with Crippen LogP contribution in [0.2, 0.25) is 0 Å². The van der Waals surface area contributed by atoms with Crippen molar-refractivity contribution in [3.8, 4) is 22.6 Å². The van der Waals surface area contributed by atoms with E-state index < -0.39 is 0 Å². The molecular weight excluding hydrogens is 368 g/mol. The van der Waals surface area contributed by atoms with E-state index >= 15 is 0 Å². The van der Waals surface area contributed by atoms with Crippen molar-refractivity contribution in [1.29, 1.82) is 0 Å². The Morgan fingerprint density at radius 3 is 2.72 bits per heavy atom. The average Bonchev–Trinajstić information content (AvgIpc) is 3.22. The summed E-state index contributed by atoms with van der Waals surface area (Å²) in [5.74, 6) is 1.50. The van der Waals surface area contributed by atoms with Gasteiger partial charge in [-0.25, -0.2) is 9.78 Å². The van der Waals surface area contributed by atoms with E-state index in [1.54, 1.807) is 32.4 Å². The van der Waals surface area contributed by atoms with Crippen LogP contribution in [0.5, 0.6) is 11.5 Å². The quantitative estimate of drug-likeness (QED) is 0.710. The summed E-state index contributed by atoms with van der Waals surface area (Å²) in [6.07, 6.45) is 4.68. The zero-order valence-corrected chi connectivity index (χ0v) is 16.8. The standard InChI is InChI=1S/C22H24N4O3/c1-23-22(27)26-10-7-14(8-11-26)19-13-18-16(6-9-24-21(18)25-19)17-5-4-15(28-2)12-20(17)29-3/h4-7,9,12-13H,8,10-11H2,1-3H3,(H,23,27)(H,24,25). The highest BCUT2D eigenvalue weighted by atomic mass is 16.5. The van der Waals surface area contributed by atoms with Crippen molar-refractivity contribution in [2.24, 2.45) is 0 Å². The van der Waals surface area contributed by atoms with Crippen molar-refractivity contribution in [1.82, 2.24) is 20.2 Å². The molecule has 0 radical (unpaired) electrons. The normalized spacial score (nSPS) is 13.9. The first-order chi connectivity index (χ1) is 14.1. The number of nitrogens with zero attached hydrogens (tertiary/aromatic N) is 2. The monoisotopic (exact) mass is 392 g/mol. The van der Waals surface area contributed by atoms with Gasteiger partial charge < -0.3 is 24.7 Å². The minimum absolute atomic E-state index is 0.0486. The highest BCUT2D eigenvalue weighted by Crippen LogP contribution is 2.37. The Morgan fingerprint density at radius 1 is 1.17 bits per heavy atom. The molecule has 2 amide bonds. The highest BCUT2D eigenvalue weighted by Gasteiger charge is 2.19. The molecule has 0 aliphatic carbocycles. The fourth-order valence-electron chi connectivity index (χ4n) is 3.71. The van der Waals surface area contributed by atoms with E-state index in [4.69, 9.17) is 9.47 Å². The largest absolute Gasteiger partial charge is 0.497 e. The lowest BCUT2D eigenvalue weighted by atomic mass is 10.0. The molecule has 2 N–H and O–H groups in total. The van der Waals surface area contributed by atoms with E-state index in [-0.39, 0.29) is 6.03 Å². The smallest absolute Gasteiger partial charge is 0.317 e. The molecule has 2 aromatic heterocycles. The Hall–Kier alpha value is -3.48. The molecular formula is C22H24N4O3. The zero-order valence-electron chi connectivity index (χ0n) is 16.8. The number of nitrogens with one attached hydrogen (secondary N) is 2. The first-order valence-corrected chi connectivity index (χ1v) is 9.50. The van der Waals surface area contributed by atoms with Crippen molar-refractivity contribution in [3.63, 3.8) is 0 Å². The molecule has 7 nitrogen and oxygen atoms in total. The lowest BCUT2D eigenvalue weighted by Crippen LogP contribution is -2.40. The third-order valence-corrected chi connectivity index (χ3v) is 5.29. The number of carbonyl (C=O) groups is 1. The molecule has 0 unspecified atom stereocenters. The van der Waals surface area contributed by atoms with Gasteiger partial charge in [0.1, 0.15) is 17.1 Å². The minimum Gasteiger partial charge on any atom is -0.497 e. The highest BCUT2D eigenvalue weighted by molar-refractivity contribution is 5.97. The summed E-state index contributed by atoms with van der Waals surface area (Å²) >= 11 is 0. The van der Waals surface area contributed by atoms with Crippen LogP contribution in [0.3, 0.4) is 0 Å². The van der Waals surface area contributed by atoms with Crippen molar-refractivity contribution < 1.29 is 14.3 Å². The van der Waals surface area contributed by atoms with Gasteiger partial charge in [0.25, 0.3) is 0 Å². The molecule has 3 heterocycles. The Bertz CT molecular complexity index is 1090. The second-order valence-corrected chi connectivity index (χ2v) is 6.85. The van der Waals surface area contributed by atoms with Gasteiger partial charge >= 0.3 is 6.03 Å². The molecule has 7 heteroatoms. The molecule has 150 valence electrons. The molecule has 0 saturated heterocycles. The van der Waals surface area contributed by atoms with Gasteiger partial charge in [0.2, 0.25) is 0 Å². The number of amides is 2. The molecule has 0 bridgehead atoms. The van der Waals surface area contributed by atoms with Gasteiger partial charge in [-0.05, 0) is 41.8 Å². The van der Waals surface area contributed by atoms with Crippen molar-refractivity contribution in [2.45, 2.75) is 6.42 Å². The molecule has 3 aromatic rings. The van der Waals surface area contributed by atoms with Crippen LogP contribution in [-0.2, 0) is 0 Å². The molecule has 0 fully saturated rings. The van der Waals surface area contributed by atoms with Crippen molar-refractivity contribution in [2.75, 3.05) is 34.4 Å². The number of fused-ring (bicyclic) bond motifs is 1. The molecule has 0 saturated carbocycles. The fraction of sp³-hybridized carbons (Fsp3) is 0.273. The average molecular weight is 392 g/mol. The number of hydrogen-bond acceptors (Lipinski definition) is 4. The maximum absolute atomic E-state index is 11.8. The van der Waals surface area contributed by atoms with Crippen molar-refractivity contribution in [3.05, 3.63) is 48.3 Å². The van der Waals surface area contributed by atoms with E-state index in [9.17, 15) is 4.79 Å². The van der Waals surface area contributed by atoms with Crippen molar-refractivity contribution >= 4 is 22.6 Å². The third kappa shape index (κ3) is 3.51. The molecule has 0 spiro atoms. The third-order valence-electron chi connectivity index (χ3n) is 5.29. The Labute approximate surface area is 169 Å². The number of carbonyl (C=O) groups excluding carboxylic acids is 1. The topological polar surface area (TPSA) is 79.5 Å². The summed E-state index contributed by atoms with van der Waals surface area (Å²) in [5, 5.41) is 3.70. The van der Waals surface area contributed by atoms with Crippen LogP contribution in [0.1, 0.15) is 12.1 Å². The van der Waals surface area contributed by atoms with Gasteiger partial charge in [-0.1, -0.05) is 6.08 Å². The number of benzene rings is 1. The van der Waals surface area contributed by atoms with E-state index in [0.717, 1.165) is 45.8 Å². The maximum Gasteiger partial charge on any atom is 0.317 e. The predicted octanol–water partition coefficient (Wildman–Crippen LogP) is 3.68. The summed E-state index contributed by atoms with van der Waals surface area (Å²) in [5.41, 5.74) is 5.07. The Kier molecular flexibility index (Phi) is 5.12. The fourth-order valence-corrected chi connectivity index (χ4v) is 3.71. The Morgan fingerprint density at radius 2 is 2.03 bits per heavy atom. The first kappa shape index (κ1) is 18.9. The lowest BCUT2D eigenvalue weighted by molar-refractivity contribution is 0.205. The summed E-state index contributed by atoms with van der Waals surface area (Å²) in [4.78, 5) is 21.5. The number of aromatic nitrogens is 2. The van der Waals surface area contributed by atoms with E-state index in [2.05, 4.69) is 27.4 Å². The van der Waals surface area contributed by atoms with Gasteiger partial charge in [-0.3, -0.25) is 0 Å². The molecule has 1 aromatic carbocycles. The zero-order chi connectivity index (χ0) is 20.4. The molecule has 4 rings (SSSR count). The Balaban J connectivity index is 1.72. The van der Waals surface area contributed by atoms with Gasteiger partial charge in [0.15, 0.2) is 0 Å². The van der Waals surface area contributed by atoms with Crippen LogP contribution in [0.15, 0.2) is 42.6 Å². The number of H-pyrrole nitrogens is 1. The van der Waals surface area contributed by atoms with Gasteiger partial charge in [-0.15, -0.1) is 0 Å². The lowest BCUT2D eigenvalue weighted by Gasteiger charge is -2.25. The summed E-state index contributed by atoms with van der Waals surface area (Å²) in [6.45, 7) is 1.28. The summed E-state index contributed by atoms with van der Waals surface area (Å²) in [6, 6.07) is 9.88. The molecule has 1 aliphatic heterocycles. The number of urea groups is 1. The number of rotatable bonds is 4.